The van der Waals surface area contributed by atoms with Crippen molar-refractivity contribution in [1.82, 2.24) is 9.55 Å². The van der Waals surface area contributed by atoms with Crippen LogP contribution in [0.1, 0.15) is 42.4 Å². The minimum Gasteiger partial charge on any atom is -0.478 e. The Balaban J connectivity index is 2.55. The van der Waals surface area contributed by atoms with Gasteiger partial charge in [0.1, 0.15) is 5.82 Å². The summed E-state index contributed by atoms with van der Waals surface area (Å²) in [7, 11) is 1.67. The summed E-state index contributed by atoms with van der Waals surface area (Å²) < 4.78 is 7.28. The zero-order valence-electron chi connectivity index (χ0n) is 12.1. The molecule has 0 saturated heterocycles. The zero-order chi connectivity index (χ0) is 14.7. The molecule has 108 valence electrons. The van der Waals surface area contributed by atoms with Crippen molar-refractivity contribution in [3.63, 3.8) is 0 Å². The molecule has 1 heterocycles. The van der Waals surface area contributed by atoms with Crippen LogP contribution in [0.25, 0.3) is 11.0 Å². The Morgan fingerprint density at radius 3 is 2.85 bits per heavy atom. The molecule has 1 N–H and O–H groups in total. The van der Waals surface area contributed by atoms with Gasteiger partial charge in [-0.25, -0.2) is 9.78 Å². The molecule has 0 amide bonds. The van der Waals surface area contributed by atoms with Crippen molar-refractivity contribution in [3.05, 3.63) is 29.6 Å². The molecule has 5 heteroatoms. The molecule has 0 aliphatic carbocycles. The normalized spacial score (nSPS) is 12.8. The summed E-state index contributed by atoms with van der Waals surface area (Å²) in [6.45, 7) is 5.57. The molecule has 2 aromatic rings. The molecule has 0 aliphatic rings. The zero-order valence-corrected chi connectivity index (χ0v) is 12.1. The highest BCUT2D eigenvalue weighted by Crippen LogP contribution is 2.24. The molecule has 1 atom stereocenters. The van der Waals surface area contributed by atoms with E-state index in [9.17, 15) is 4.79 Å². The second-order valence-electron chi connectivity index (χ2n) is 4.93. The topological polar surface area (TPSA) is 64.3 Å². The van der Waals surface area contributed by atoms with E-state index in [2.05, 4.69) is 23.4 Å². The van der Waals surface area contributed by atoms with Crippen molar-refractivity contribution in [2.24, 2.45) is 0 Å². The minimum absolute atomic E-state index is 0.268. The van der Waals surface area contributed by atoms with Crippen LogP contribution in [0.5, 0.6) is 0 Å². The molecular formula is C15H20N2O3. The summed E-state index contributed by atoms with van der Waals surface area (Å²) in [5.74, 6) is 0.387. The maximum Gasteiger partial charge on any atom is 0.335 e. The van der Waals surface area contributed by atoms with Gasteiger partial charge in [0.15, 0.2) is 0 Å². The summed E-state index contributed by atoms with van der Waals surface area (Å²) in [4.78, 5) is 15.7. The number of benzene rings is 1. The number of aromatic nitrogens is 2. The van der Waals surface area contributed by atoms with Crippen LogP contribution in [-0.2, 0) is 11.3 Å². The first-order valence-electron chi connectivity index (χ1n) is 6.80. The van der Waals surface area contributed by atoms with Gasteiger partial charge in [-0.2, -0.15) is 0 Å². The van der Waals surface area contributed by atoms with Crippen molar-refractivity contribution < 1.29 is 14.6 Å². The van der Waals surface area contributed by atoms with E-state index in [0.717, 1.165) is 29.8 Å². The number of carboxylic acids is 1. The summed E-state index contributed by atoms with van der Waals surface area (Å²) >= 11 is 0. The highest BCUT2D eigenvalue weighted by atomic mass is 16.5. The largest absolute Gasteiger partial charge is 0.478 e. The van der Waals surface area contributed by atoms with E-state index in [1.165, 1.54) is 0 Å². The van der Waals surface area contributed by atoms with Gasteiger partial charge in [0, 0.05) is 19.6 Å². The van der Waals surface area contributed by atoms with Gasteiger partial charge < -0.3 is 14.4 Å². The number of carboxylic acid groups (broad SMARTS) is 1. The van der Waals surface area contributed by atoms with Gasteiger partial charge in [-0.05, 0) is 24.6 Å². The van der Waals surface area contributed by atoms with Crippen LogP contribution in [-0.4, -0.2) is 34.3 Å². The summed E-state index contributed by atoms with van der Waals surface area (Å²) in [5, 5.41) is 9.06. The molecule has 1 unspecified atom stereocenters. The first-order chi connectivity index (χ1) is 9.58. The number of nitrogens with zero attached hydrogens (tertiary/aromatic N) is 2. The van der Waals surface area contributed by atoms with Gasteiger partial charge >= 0.3 is 5.97 Å². The first-order valence-corrected chi connectivity index (χ1v) is 6.80. The molecule has 0 spiro atoms. The van der Waals surface area contributed by atoms with Crippen LogP contribution < -0.4 is 0 Å². The number of ether oxygens (including phenoxy) is 1. The second kappa shape index (κ2) is 6.05. The van der Waals surface area contributed by atoms with Gasteiger partial charge in [-0.3, -0.25) is 0 Å². The van der Waals surface area contributed by atoms with Crippen LogP contribution >= 0.6 is 0 Å². The smallest absolute Gasteiger partial charge is 0.335 e. The first kappa shape index (κ1) is 14.5. The van der Waals surface area contributed by atoms with Crippen LogP contribution in [0.3, 0.4) is 0 Å². The Hall–Kier alpha value is -1.88. The third-order valence-electron chi connectivity index (χ3n) is 3.60. The molecule has 1 aromatic heterocycles. The van der Waals surface area contributed by atoms with Crippen LogP contribution in [0.4, 0.5) is 0 Å². The highest BCUT2D eigenvalue weighted by Gasteiger charge is 2.16. The van der Waals surface area contributed by atoms with Crippen molar-refractivity contribution in [2.75, 3.05) is 13.7 Å². The fraction of sp³-hybridized carbons (Fsp3) is 0.467. The fourth-order valence-electron chi connectivity index (χ4n) is 2.26. The average molecular weight is 276 g/mol. The number of rotatable bonds is 6. The third kappa shape index (κ3) is 2.67. The monoisotopic (exact) mass is 276 g/mol. The molecule has 0 aliphatic heterocycles. The number of imidazole rings is 1. The molecule has 1 aromatic carbocycles. The quantitative estimate of drug-likeness (QED) is 0.881. The summed E-state index contributed by atoms with van der Waals surface area (Å²) in [6, 6.07) is 5.08. The lowest BCUT2D eigenvalue weighted by Crippen LogP contribution is -2.10. The summed E-state index contributed by atoms with van der Waals surface area (Å²) in [5.41, 5.74) is 1.96. The summed E-state index contributed by atoms with van der Waals surface area (Å²) in [6.07, 6.45) is 0.988. The maximum absolute atomic E-state index is 11.0. The average Bonchev–Trinajstić information content (AvgIpc) is 2.81. The Labute approximate surface area is 118 Å². The SMILES string of the molecule is CCC(C)c1nc2cc(C(=O)O)ccc2n1CCOC. The van der Waals surface area contributed by atoms with Gasteiger partial charge in [-0.1, -0.05) is 13.8 Å². The lowest BCUT2D eigenvalue weighted by Gasteiger charge is -2.12. The predicted octanol–water partition coefficient (Wildman–Crippen LogP) is 2.89. The lowest BCUT2D eigenvalue weighted by molar-refractivity contribution is 0.0697. The van der Waals surface area contributed by atoms with Crippen molar-refractivity contribution in [1.29, 1.82) is 0 Å². The van der Waals surface area contributed by atoms with E-state index in [0.29, 0.717) is 12.5 Å². The van der Waals surface area contributed by atoms with Gasteiger partial charge in [0.25, 0.3) is 0 Å². The van der Waals surface area contributed by atoms with E-state index < -0.39 is 5.97 Å². The van der Waals surface area contributed by atoms with Crippen LogP contribution in [0.15, 0.2) is 18.2 Å². The Kier molecular flexibility index (Phi) is 4.39. The number of hydrogen-bond donors (Lipinski definition) is 1. The Bertz CT molecular complexity index is 619. The van der Waals surface area contributed by atoms with E-state index in [4.69, 9.17) is 9.84 Å². The predicted molar refractivity (Wildman–Crippen MR) is 77.3 cm³/mol. The molecule has 0 bridgehead atoms. The molecule has 2 rings (SSSR count). The van der Waals surface area contributed by atoms with Gasteiger partial charge in [-0.15, -0.1) is 0 Å². The Morgan fingerprint density at radius 2 is 2.25 bits per heavy atom. The number of aromatic carboxylic acids is 1. The van der Waals surface area contributed by atoms with E-state index in [1.807, 2.05) is 6.07 Å². The molecule has 0 radical (unpaired) electrons. The molecule has 0 fully saturated rings. The van der Waals surface area contributed by atoms with Crippen molar-refractivity contribution in [3.8, 4) is 0 Å². The van der Waals surface area contributed by atoms with Crippen LogP contribution in [0.2, 0.25) is 0 Å². The highest BCUT2D eigenvalue weighted by molar-refractivity contribution is 5.92. The lowest BCUT2D eigenvalue weighted by atomic mass is 10.1. The number of hydrogen-bond acceptors (Lipinski definition) is 3. The number of carbonyl (C=O) groups is 1. The second-order valence-corrected chi connectivity index (χ2v) is 4.93. The molecule has 20 heavy (non-hydrogen) atoms. The van der Waals surface area contributed by atoms with Crippen LogP contribution in [0, 0.1) is 0 Å². The third-order valence-corrected chi connectivity index (χ3v) is 3.60. The minimum atomic E-state index is -0.927. The molecule has 5 nitrogen and oxygen atoms in total. The molecular weight excluding hydrogens is 256 g/mol. The van der Waals surface area contributed by atoms with E-state index in [-0.39, 0.29) is 5.56 Å². The van der Waals surface area contributed by atoms with Crippen molar-refractivity contribution in [2.45, 2.75) is 32.7 Å². The fourth-order valence-corrected chi connectivity index (χ4v) is 2.26. The van der Waals surface area contributed by atoms with E-state index in [1.54, 1.807) is 19.2 Å². The van der Waals surface area contributed by atoms with Gasteiger partial charge in [0.2, 0.25) is 0 Å². The Morgan fingerprint density at radius 1 is 1.50 bits per heavy atom. The molecule has 0 saturated carbocycles. The maximum atomic E-state index is 11.0. The number of methoxy groups -OCH3 is 1. The standard InChI is InChI=1S/C15H20N2O3/c1-4-10(2)14-16-12-9-11(15(18)19)5-6-13(12)17(14)7-8-20-3/h5-6,9-10H,4,7-8H2,1-3H3,(H,18,19). The van der Waals surface area contributed by atoms with E-state index >= 15 is 0 Å². The van der Waals surface area contributed by atoms with Gasteiger partial charge in [0.05, 0.1) is 23.2 Å². The number of fused-ring (bicyclic) bond motifs is 1. The van der Waals surface area contributed by atoms with Crippen molar-refractivity contribution >= 4 is 17.0 Å².